The van der Waals surface area contributed by atoms with Gasteiger partial charge >= 0.3 is 0 Å². The van der Waals surface area contributed by atoms with Crippen LogP contribution in [0.25, 0.3) is 0 Å². The van der Waals surface area contributed by atoms with Gasteiger partial charge in [0.2, 0.25) is 0 Å². The van der Waals surface area contributed by atoms with Gasteiger partial charge < -0.3 is 9.67 Å². The van der Waals surface area contributed by atoms with E-state index in [1.165, 1.54) is 6.20 Å². The number of aryl methyl sites for hydroxylation is 2. The molecule has 1 rings (SSSR count). The first-order valence-corrected chi connectivity index (χ1v) is 7.84. The van der Waals surface area contributed by atoms with Crippen LogP contribution in [0.1, 0.15) is 39.9 Å². The van der Waals surface area contributed by atoms with Crippen LogP contribution < -0.4 is 4.72 Å². The zero-order valence-electron chi connectivity index (χ0n) is 12.1. The lowest BCUT2D eigenvalue weighted by molar-refractivity contribution is 0.111. The van der Waals surface area contributed by atoms with Crippen molar-refractivity contribution in [3.63, 3.8) is 0 Å². The summed E-state index contributed by atoms with van der Waals surface area (Å²) in [5.74, 6) is 0.664. The molecule has 1 unspecified atom stereocenters. The Morgan fingerprint density at radius 3 is 2.58 bits per heavy atom. The fraction of sp³-hybridized carbons (Fsp3) is 0.750. The van der Waals surface area contributed by atoms with Crippen molar-refractivity contribution in [2.24, 2.45) is 0 Å². The maximum atomic E-state index is 12.2. The van der Waals surface area contributed by atoms with Gasteiger partial charge in [-0.25, -0.2) is 18.1 Å². The van der Waals surface area contributed by atoms with Crippen LogP contribution in [-0.4, -0.2) is 34.7 Å². The zero-order valence-corrected chi connectivity index (χ0v) is 13.0. The van der Waals surface area contributed by atoms with Crippen molar-refractivity contribution in [1.82, 2.24) is 14.3 Å². The Kier molecular flexibility index (Phi) is 4.76. The molecule has 19 heavy (non-hydrogen) atoms. The van der Waals surface area contributed by atoms with Gasteiger partial charge in [0, 0.05) is 12.7 Å². The third kappa shape index (κ3) is 3.77. The molecule has 0 bridgehead atoms. The third-order valence-electron chi connectivity index (χ3n) is 3.14. The summed E-state index contributed by atoms with van der Waals surface area (Å²) in [6, 6.07) is 0. The number of hydrogen-bond donors (Lipinski definition) is 2. The molecule has 7 heteroatoms. The van der Waals surface area contributed by atoms with Crippen LogP contribution in [0, 0.1) is 6.92 Å². The predicted molar refractivity (Wildman–Crippen MR) is 73.3 cm³/mol. The topological polar surface area (TPSA) is 84.2 Å². The Hall–Kier alpha value is -0.920. The first kappa shape index (κ1) is 16.1. The molecule has 1 atom stereocenters. The number of nitrogens with one attached hydrogen (secondary N) is 1. The molecule has 0 spiro atoms. The van der Waals surface area contributed by atoms with Crippen LogP contribution >= 0.6 is 0 Å². The number of imidazole rings is 1. The summed E-state index contributed by atoms with van der Waals surface area (Å²) in [4.78, 5) is 4.08. The Morgan fingerprint density at radius 1 is 1.53 bits per heavy atom. The van der Waals surface area contributed by atoms with Crippen molar-refractivity contribution in [1.29, 1.82) is 0 Å². The maximum absolute atomic E-state index is 12.2. The quantitative estimate of drug-likeness (QED) is 0.819. The van der Waals surface area contributed by atoms with E-state index in [4.69, 9.17) is 0 Å². The zero-order chi connectivity index (χ0) is 14.8. The Balaban J connectivity index is 3.04. The fourth-order valence-corrected chi connectivity index (χ4v) is 3.05. The summed E-state index contributed by atoms with van der Waals surface area (Å²) in [7, 11) is -3.72. The van der Waals surface area contributed by atoms with E-state index in [1.54, 1.807) is 27.7 Å². The lowest BCUT2D eigenvalue weighted by Crippen LogP contribution is -2.50. The van der Waals surface area contributed by atoms with Gasteiger partial charge in [-0.3, -0.25) is 0 Å². The monoisotopic (exact) mass is 289 g/mol. The van der Waals surface area contributed by atoms with Crippen molar-refractivity contribution < 1.29 is 13.5 Å². The van der Waals surface area contributed by atoms with Crippen molar-refractivity contribution in [2.45, 2.75) is 64.3 Å². The molecule has 0 aliphatic heterocycles. The van der Waals surface area contributed by atoms with Gasteiger partial charge in [0.15, 0.2) is 5.03 Å². The molecule has 0 saturated carbocycles. The molecule has 1 heterocycles. The molecule has 1 aromatic heterocycles. The molecule has 110 valence electrons. The molecule has 0 fully saturated rings. The van der Waals surface area contributed by atoms with Gasteiger partial charge in [0.05, 0.1) is 11.6 Å². The maximum Gasteiger partial charge on any atom is 0.260 e. The van der Waals surface area contributed by atoms with Crippen LogP contribution in [0.3, 0.4) is 0 Å². The van der Waals surface area contributed by atoms with Crippen LogP contribution in [0.5, 0.6) is 0 Å². The van der Waals surface area contributed by atoms with E-state index in [9.17, 15) is 13.5 Å². The van der Waals surface area contributed by atoms with Crippen molar-refractivity contribution >= 4 is 10.0 Å². The molecule has 1 aromatic rings. The number of hydrogen-bond acceptors (Lipinski definition) is 4. The van der Waals surface area contributed by atoms with Crippen LogP contribution in [0.15, 0.2) is 11.2 Å². The van der Waals surface area contributed by atoms with E-state index in [0.29, 0.717) is 5.82 Å². The fourth-order valence-electron chi connectivity index (χ4n) is 1.56. The molecular weight excluding hydrogens is 266 g/mol. The molecule has 0 saturated heterocycles. The lowest BCUT2D eigenvalue weighted by Gasteiger charge is -2.28. The van der Waals surface area contributed by atoms with Crippen molar-refractivity contribution in [3.8, 4) is 0 Å². The molecule has 6 nitrogen and oxygen atoms in total. The Bertz CT molecular complexity index is 532. The van der Waals surface area contributed by atoms with Gasteiger partial charge in [-0.05, 0) is 34.1 Å². The molecule has 0 amide bonds. The summed E-state index contributed by atoms with van der Waals surface area (Å²) in [5, 5.41) is 9.57. The van der Waals surface area contributed by atoms with E-state index in [-0.39, 0.29) is 5.03 Å². The average Bonchev–Trinajstić information content (AvgIpc) is 2.60. The van der Waals surface area contributed by atoms with E-state index in [0.717, 1.165) is 13.0 Å². The lowest BCUT2D eigenvalue weighted by atomic mass is 10.0. The normalized spacial score (nSPS) is 14.6. The highest BCUT2D eigenvalue weighted by Gasteiger charge is 2.31. The minimum absolute atomic E-state index is 0.00725. The highest BCUT2D eigenvalue weighted by molar-refractivity contribution is 7.89. The SMILES string of the molecule is CCCn1cc(S(=O)(=O)NC(C)(C)C(C)O)nc1C. The highest BCUT2D eigenvalue weighted by Crippen LogP contribution is 2.16. The smallest absolute Gasteiger partial charge is 0.260 e. The number of aliphatic hydroxyl groups is 1. The van der Waals surface area contributed by atoms with Crippen LogP contribution in [-0.2, 0) is 16.6 Å². The number of aliphatic hydroxyl groups excluding tert-OH is 1. The molecule has 0 aliphatic rings. The first-order chi connectivity index (χ1) is 8.60. The Morgan fingerprint density at radius 2 is 2.11 bits per heavy atom. The summed E-state index contributed by atoms with van der Waals surface area (Å²) in [6.45, 7) is 9.32. The number of nitrogens with zero attached hydrogens (tertiary/aromatic N) is 2. The minimum atomic E-state index is -3.72. The number of rotatable bonds is 6. The largest absolute Gasteiger partial charge is 0.391 e. The number of aromatic nitrogens is 2. The van der Waals surface area contributed by atoms with E-state index >= 15 is 0 Å². The van der Waals surface area contributed by atoms with Gasteiger partial charge in [0.1, 0.15) is 5.82 Å². The van der Waals surface area contributed by atoms with Gasteiger partial charge in [-0.1, -0.05) is 6.92 Å². The molecule has 0 radical (unpaired) electrons. The summed E-state index contributed by atoms with van der Waals surface area (Å²) < 4.78 is 28.7. The molecular formula is C12H23N3O3S. The molecule has 0 aliphatic carbocycles. The molecule has 0 aromatic carbocycles. The summed E-state index contributed by atoms with van der Waals surface area (Å²) in [5.41, 5.74) is -0.943. The standard InChI is InChI=1S/C12H23N3O3S/c1-6-7-15-8-11(13-10(15)3)19(17,18)14-12(4,5)9(2)16/h8-9,14,16H,6-7H2,1-5H3. The summed E-state index contributed by atoms with van der Waals surface area (Å²) in [6.07, 6.45) is 1.63. The molecule has 2 N–H and O–H groups in total. The van der Waals surface area contributed by atoms with Crippen molar-refractivity contribution in [2.75, 3.05) is 0 Å². The third-order valence-corrected chi connectivity index (χ3v) is 4.68. The first-order valence-electron chi connectivity index (χ1n) is 6.36. The van der Waals surface area contributed by atoms with E-state index < -0.39 is 21.7 Å². The Labute approximate surface area is 114 Å². The van der Waals surface area contributed by atoms with Gasteiger partial charge in [0.25, 0.3) is 10.0 Å². The number of sulfonamides is 1. The second-order valence-electron chi connectivity index (χ2n) is 5.32. The van der Waals surface area contributed by atoms with Gasteiger partial charge in [-0.15, -0.1) is 0 Å². The predicted octanol–water partition coefficient (Wildman–Crippen LogP) is 1.04. The van der Waals surface area contributed by atoms with E-state index in [2.05, 4.69) is 9.71 Å². The van der Waals surface area contributed by atoms with Crippen LogP contribution in [0.4, 0.5) is 0 Å². The van der Waals surface area contributed by atoms with Crippen molar-refractivity contribution in [3.05, 3.63) is 12.0 Å². The highest BCUT2D eigenvalue weighted by atomic mass is 32.2. The summed E-state index contributed by atoms with van der Waals surface area (Å²) >= 11 is 0. The van der Waals surface area contributed by atoms with Gasteiger partial charge in [-0.2, -0.15) is 0 Å². The van der Waals surface area contributed by atoms with E-state index in [1.807, 2.05) is 11.5 Å². The minimum Gasteiger partial charge on any atom is -0.391 e. The second-order valence-corrected chi connectivity index (χ2v) is 6.95. The van der Waals surface area contributed by atoms with Crippen LogP contribution in [0.2, 0.25) is 0 Å². The average molecular weight is 289 g/mol. The second kappa shape index (κ2) is 5.60.